The predicted molar refractivity (Wildman–Crippen MR) is 551 cm³/mol. The van der Waals surface area contributed by atoms with E-state index >= 15 is 0 Å². The van der Waals surface area contributed by atoms with Crippen molar-refractivity contribution in [1.29, 1.82) is 0 Å². The highest BCUT2D eigenvalue weighted by Crippen LogP contribution is 2.44. The maximum Gasteiger partial charge on any atom is 0.331 e. The van der Waals surface area contributed by atoms with Gasteiger partial charge in [0, 0.05) is 24.1 Å². The number of allylic oxidation sites excluding steroid dienone is 2. The minimum absolute atomic E-state index is 0.106. The number of hydrogen-bond donors (Lipinski definition) is 2. The van der Waals surface area contributed by atoms with Crippen LogP contribution in [0.3, 0.4) is 0 Å². The second kappa shape index (κ2) is 49.1. The van der Waals surface area contributed by atoms with Crippen LogP contribution in [0.1, 0.15) is 200 Å². The molecule has 6 aliphatic carbocycles. The molecular weight excluding hydrogens is 1960 g/mol. The van der Waals surface area contributed by atoms with E-state index in [4.69, 9.17) is 24.1 Å². The third-order valence-electron chi connectivity index (χ3n) is 25.9. The Morgan fingerprint density at radius 2 is 0.639 bits per heavy atom. The van der Waals surface area contributed by atoms with Crippen molar-refractivity contribution in [3.63, 3.8) is 0 Å². The van der Waals surface area contributed by atoms with Crippen LogP contribution in [0.25, 0.3) is 11.1 Å². The van der Waals surface area contributed by atoms with E-state index in [0.717, 1.165) is 158 Å². The van der Waals surface area contributed by atoms with E-state index in [1.54, 1.807) is 276 Å². The van der Waals surface area contributed by atoms with Crippen molar-refractivity contribution < 1.29 is 102 Å². The molecule has 0 radical (unpaired) electrons. The Morgan fingerprint density at radius 3 is 0.986 bits per heavy atom. The van der Waals surface area contributed by atoms with Crippen LogP contribution in [-0.4, -0.2) is 127 Å². The number of hydrogen-bond acceptors (Lipinski definition) is 24. The van der Waals surface area contributed by atoms with Crippen molar-refractivity contribution in [2.45, 2.75) is 232 Å². The smallest absolute Gasteiger partial charge is 0.331 e. The lowest BCUT2D eigenvalue weighted by Gasteiger charge is -2.34. The summed E-state index contributed by atoms with van der Waals surface area (Å²) in [6, 6.07) is 81.2. The first-order valence-electron chi connectivity index (χ1n) is 48.2. The highest BCUT2D eigenvalue weighted by molar-refractivity contribution is 7.93. The number of nitrogens with two attached hydrogens (primary N) is 1. The minimum Gasteiger partial charge on any atom is -0.466 e. The third kappa shape index (κ3) is 27.3. The van der Waals surface area contributed by atoms with Gasteiger partial charge in [0.05, 0.1) is 97.8 Å². The lowest BCUT2D eigenvalue weighted by atomic mass is 9.77. The summed E-state index contributed by atoms with van der Waals surface area (Å²) < 4.78 is 195. The van der Waals surface area contributed by atoms with Crippen molar-refractivity contribution in [3.05, 3.63) is 370 Å². The highest BCUT2D eigenvalue weighted by atomic mass is 32.2. The summed E-state index contributed by atoms with van der Waals surface area (Å²) in [6.45, 7) is 7.01. The first-order chi connectivity index (χ1) is 68.9. The van der Waals surface area contributed by atoms with E-state index in [1.807, 2.05) is 24.3 Å². The molecule has 756 valence electrons. The topological polar surface area (TPSA) is 390 Å². The van der Waals surface area contributed by atoms with Gasteiger partial charge in [-0.3, -0.25) is 13.8 Å². The minimum atomic E-state index is -3.61. The Bertz CT molecular complexity index is 7390. The van der Waals surface area contributed by atoms with Crippen LogP contribution in [0.15, 0.2) is 362 Å². The summed E-state index contributed by atoms with van der Waals surface area (Å²) in [4.78, 5) is 50.6. The summed E-state index contributed by atoms with van der Waals surface area (Å²) in [5.41, 5.74) is 17.5. The molecule has 6 aliphatic rings. The zero-order chi connectivity index (χ0) is 103. The standard InChI is InChI=1S/C20H22O5S.2C20H20O4S.C19H22O5S2.C18H21NO2S.C16H14O3S/c1-2-25-19(21)14-20(22)12-6-7-15-13-17(10-11-18(15)20)26(23,24)16-8-4-3-5-9-16;2*1-2-24-20(21)14-16-8-6-7-15-13-18(11-12-19(15)16)25(22,23)17-9-4-3-5-10-17;1-25(20,21)24-13-12-15-6-5-7-16-14-18(10-11-19(15)16)26(22,23)17-8-3-2-4-9-17;19-12-11-14-5-4-6-15-13-17(9-10-18(14)15)22(20,21)16-7-2-1-3-8-16;17-16-8-4-5-12-11-14(9-10-15(12)16)20(18,19)13-6-2-1-3-7-13/h3-5,8-11,13,22H,2,6-7,12,14H2,1H3;2*3-5,9-14H,2,6-8H2,1H3;2-4,8-11,14-15H,5-7,12-13H2,1H3;1-3,7-10,13-14H,4-6,11-12,19H2;1-3,6-7,9-11H,4-5,8H2/b;2*16-14+;;;. The number of carbonyl (C=O) groups is 4. The fourth-order valence-electron chi connectivity index (χ4n) is 18.9. The number of ether oxygens (including phenoxy) is 3. The molecule has 0 aromatic heterocycles. The first kappa shape index (κ1) is 109. The molecule has 0 saturated carbocycles. The van der Waals surface area contributed by atoms with Crippen LogP contribution >= 0.6 is 0 Å². The normalized spacial score (nSPS) is 17.0. The molecular formula is C113H119NO23S7. The Balaban J connectivity index is 0.000000145. The number of aliphatic hydroxyl groups is 1. The zero-order valence-corrected chi connectivity index (χ0v) is 86.5. The Labute approximate surface area is 845 Å². The van der Waals surface area contributed by atoms with Gasteiger partial charge in [-0.05, 0) is 385 Å². The van der Waals surface area contributed by atoms with Gasteiger partial charge in [0.2, 0.25) is 59.0 Å². The molecule has 0 amide bonds. The van der Waals surface area contributed by atoms with Gasteiger partial charge < -0.3 is 25.1 Å². The van der Waals surface area contributed by atoms with E-state index in [0.29, 0.717) is 83.6 Å². The summed E-state index contributed by atoms with van der Waals surface area (Å²) in [7, 11) is -24.6. The molecule has 0 fully saturated rings. The van der Waals surface area contributed by atoms with Gasteiger partial charge in [-0.2, -0.15) is 8.42 Å². The number of esters is 3. The van der Waals surface area contributed by atoms with Gasteiger partial charge >= 0.3 is 17.9 Å². The maximum absolute atomic E-state index is 12.8. The van der Waals surface area contributed by atoms with Crippen molar-refractivity contribution in [2.24, 2.45) is 5.73 Å². The van der Waals surface area contributed by atoms with Gasteiger partial charge in [0.25, 0.3) is 10.1 Å². The largest absolute Gasteiger partial charge is 0.466 e. The number of carbonyl (C=O) groups excluding carboxylic acids is 4. The van der Waals surface area contributed by atoms with Crippen molar-refractivity contribution >= 4 is 104 Å². The van der Waals surface area contributed by atoms with Crippen molar-refractivity contribution in [1.82, 2.24) is 0 Å². The molecule has 3 unspecified atom stereocenters. The molecule has 3 atom stereocenters. The van der Waals surface area contributed by atoms with Crippen LogP contribution in [-0.2, 0) is 146 Å². The summed E-state index contributed by atoms with van der Waals surface area (Å²) in [5, 5.41) is 11.0. The van der Waals surface area contributed by atoms with Gasteiger partial charge in [-0.15, -0.1) is 0 Å². The van der Waals surface area contributed by atoms with Crippen molar-refractivity contribution in [3.8, 4) is 0 Å². The average Bonchev–Trinajstić information content (AvgIpc) is 0.760. The average molecular weight is 2080 g/mol. The first-order valence-corrected chi connectivity index (χ1v) is 58.9. The Kier molecular flexibility index (Phi) is 37.1. The summed E-state index contributed by atoms with van der Waals surface area (Å²) in [6.07, 6.45) is 20.3. The van der Waals surface area contributed by atoms with Gasteiger partial charge in [0.1, 0.15) is 5.60 Å². The van der Waals surface area contributed by atoms with Crippen LogP contribution in [0.4, 0.5) is 0 Å². The van der Waals surface area contributed by atoms with Crippen LogP contribution in [0, 0.1) is 0 Å². The number of sulfone groups is 6. The fraction of sp³-hybridized carbons (Fsp3) is 0.292. The quantitative estimate of drug-likeness (QED) is 0.0232. The number of ketones is 1. The van der Waals surface area contributed by atoms with Crippen LogP contribution in [0.5, 0.6) is 0 Å². The lowest BCUT2D eigenvalue weighted by Crippen LogP contribution is -2.34. The Hall–Kier alpha value is -12.3. The number of rotatable bonds is 25. The molecule has 0 aliphatic heterocycles. The molecule has 0 saturated heterocycles. The molecule has 0 bridgehead atoms. The molecule has 0 spiro atoms. The van der Waals surface area contributed by atoms with E-state index in [2.05, 4.69) is 0 Å². The predicted octanol–water partition coefficient (Wildman–Crippen LogP) is 20.2. The molecule has 12 aromatic rings. The van der Waals surface area contributed by atoms with E-state index in [9.17, 15) is 83.2 Å². The van der Waals surface area contributed by atoms with Gasteiger partial charge in [-0.25, -0.2) is 60.1 Å². The molecule has 24 nitrogen and oxygen atoms in total. The van der Waals surface area contributed by atoms with Crippen LogP contribution < -0.4 is 5.73 Å². The SMILES string of the molecule is CCOC(=O)/C=C1\CCCc2cc(S(=O)(=O)c3ccccc3)ccc21.CCOC(=O)/C=C1\CCCc2cc(S(=O)(=O)c3ccccc3)ccc21.CCOC(=O)CC1(O)CCCc2cc(S(=O)(=O)c3ccccc3)ccc21.CS(=O)(=O)OCCC1CCCc2cc(S(=O)(=O)c3ccccc3)ccc21.NCCC1CCCc2cc(S(=O)(=O)c3ccccc3)ccc21.O=C1CCCc2cc(S(=O)(=O)c3ccccc3)ccc21. The van der Waals surface area contributed by atoms with E-state index < -0.39 is 80.7 Å². The summed E-state index contributed by atoms with van der Waals surface area (Å²) >= 11 is 0. The lowest BCUT2D eigenvalue weighted by molar-refractivity contribution is -0.150. The van der Waals surface area contributed by atoms with Crippen LogP contribution in [0.2, 0.25) is 0 Å². The fourth-order valence-corrected chi connectivity index (χ4v) is 27.3. The summed E-state index contributed by atoms with van der Waals surface area (Å²) in [5.74, 6) is -0.396. The number of Topliss-reactive ketones (excluding diaryl/α,β-unsaturated/α-hetero) is 1. The molecule has 3 N–H and O–H groups in total. The zero-order valence-electron chi connectivity index (χ0n) is 80.8. The molecule has 144 heavy (non-hydrogen) atoms. The molecule has 18 rings (SSSR count). The van der Waals surface area contributed by atoms with Gasteiger partial charge in [-0.1, -0.05) is 140 Å². The van der Waals surface area contributed by atoms with Gasteiger partial charge in [0.15, 0.2) is 5.78 Å². The molecule has 31 heteroatoms. The molecule has 0 heterocycles. The number of fused-ring (bicyclic) bond motifs is 6. The second-order valence-electron chi connectivity index (χ2n) is 35.7. The maximum atomic E-state index is 12.8. The monoisotopic (exact) mass is 2080 g/mol. The Morgan fingerprint density at radius 1 is 0.340 bits per heavy atom. The number of aryl methyl sites for hydroxylation is 6. The van der Waals surface area contributed by atoms with E-state index in [1.165, 1.54) is 35.4 Å². The second-order valence-corrected chi connectivity index (χ2v) is 49.0. The highest BCUT2D eigenvalue weighted by Gasteiger charge is 2.39. The van der Waals surface area contributed by atoms with E-state index in [-0.39, 0.29) is 87.3 Å². The third-order valence-corrected chi connectivity index (χ3v) is 37.1. The van der Waals surface area contributed by atoms with Crippen molar-refractivity contribution in [2.75, 3.05) is 39.2 Å². The molecule has 12 aromatic carbocycles. The number of benzene rings is 12.